The lowest BCUT2D eigenvalue weighted by Crippen LogP contribution is -2.52. The molecular weight excluding hydrogens is 625 g/mol. The molecule has 0 aliphatic carbocycles. The zero-order valence-electron chi connectivity index (χ0n) is 30.7. The number of unbranched alkanes of at least 4 members (excludes halogenated alkanes) is 4. The van der Waals surface area contributed by atoms with Crippen molar-refractivity contribution in [3.05, 3.63) is 0 Å². The molecule has 0 amide bonds. The Morgan fingerprint density at radius 3 is 0.932 bits per heavy atom. The minimum absolute atomic E-state index is 0.354. The van der Waals surface area contributed by atoms with Crippen LogP contribution in [0.25, 0.3) is 0 Å². The molecule has 0 rings (SSSR count). The monoisotopic (exact) mass is 698 g/mol. The van der Waals surface area contributed by atoms with E-state index in [2.05, 4.69) is 90.8 Å². The lowest BCUT2D eigenvalue weighted by atomic mass is 9.93. The molecule has 4 unspecified atom stereocenters. The molecule has 10 heteroatoms. The van der Waals surface area contributed by atoms with Crippen LogP contribution in [0.5, 0.6) is 0 Å². The van der Waals surface area contributed by atoms with Gasteiger partial charge in [0.15, 0.2) is 0 Å². The van der Waals surface area contributed by atoms with E-state index in [1.165, 1.54) is 64.2 Å². The van der Waals surface area contributed by atoms with E-state index < -0.39 is 17.6 Å². The second-order valence-corrected chi connectivity index (χ2v) is 19.9. The first kappa shape index (κ1) is 44.9. The maximum atomic E-state index is 6.43. The van der Waals surface area contributed by atoms with E-state index in [4.69, 9.17) is 26.6 Å². The van der Waals surface area contributed by atoms with Gasteiger partial charge in [-0.1, -0.05) is 101 Å². The van der Waals surface area contributed by atoms with Gasteiger partial charge in [-0.05, 0) is 79.1 Å². The van der Waals surface area contributed by atoms with Crippen molar-refractivity contribution in [3.8, 4) is 0 Å². The Morgan fingerprint density at radius 2 is 0.705 bits per heavy atom. The zero-order valence-corrected chi connectivity index (χ0v) is 34.4. The first-order valence-corrected chi connectivity index (χ1v) is 24.6. The van der Waals surface area contributed by atoms with Gasteiger partial charge in [0.1, 0.15) is 0 Å². The molecule has 0 aromatic heterocycles. The Labute approximate surface area is 285 Å². The van der Waals surface area contributed by atoms with Crippen molar-refractivity contribution in [1.29, 1.82) is 0 Å². The van der Waals surface area contributed by atoms with E-state index in [1.807, 2.05) is 0 Å². The van der Waals surface area contributed by atoms with E-state index in [0.29, 0.717) is 62.6 Å². The van der Waals surface area contributed by atoms with E-state index in [9.17, 15) is 0 Å². The molecule has 6 nitrogen and oxygen atoms in total. The SMILES string of the molecule is CCCCCC(CCSSCCC(CCCCC)C(CC)[Si](OCC)(OCC)OCC)C(CC)[Si](OCC)(OCC)OCC. The lowest BCUT2D eigenvalue weighted by Gasteiger charge is -2.39. The van der Waals surface area contributed by atoms with Gasteiger partial charge in [-0.15, -0.1) is 0 Å². The van der Waals surface area contributed by atoms with Crippen LogP contribution in [0.4, 0.5) is 0 Å². The van der Waals surface area contributed by atoms with Crippen LogP contribution in [0.3, 0.4) is 0 Å². The summed E-state index contributed by atoms with van der Waals surface area (Å²) in [7, 11) is -1.41. The summed E-state index contributed by atoms with van der Waals surface area (Å²) in [6.45, 7) is 25.5. The highest BCUT2D eigenvalue weighted by molar-refractivity contribution is 8.76. The van der Waals surface area contributed by atoms with E-state index in [0.717, 1.165) is 24.3 Å². The van der Waals surface area contributed by atoms with Crippen molar-refractivity contribution in [1.82, 2.24) is 0 Å². The zero-order chi connectivity index (χ0) is 33.1. The van der Waals surface area contributed by atoms with Gasteiger partial charge in [0, 0.05) is 62.2 Å². The van der Waals surface area contributed by atoms with Crippen molar-refractivity contribution >= 4 is 39.2 Å². The molecule has 0 N–H and O–H groups in total. The van der Waals surface area contributed by atoms with Crippen molar-refractivity contribution < 1.29 is 26.6 Å². The summed E-state index contributed by atoms with van der Waals surface area (Å²) in [6.07, 6.45) is 14.5. The van der Waals surface area contributed by atoms with Crippen LogP contribution >= 0.6 is 21.6 Å². The summed E-state index contributed by atoms with van der Waals surface area (Å²) in [5, 5.41) is 0. The van der Waals surface area contributed by atoms with Gasteiger partial charge < -0.3 is 26.6 Å². The Morgan fingerprint density at radius 1 is 0.409 bits per heavy atom. The van der Waals surface area contributed by atoms with Gasteiger partial charge >= 0.3 is 17.6 Å². The molecule has 0 aromatic rings. The van der Waals surface area contributed by atoms with Crippen LogP contribution in [0.15, 0.2) is 0 Å². The fourth-order valence-electron chi connectivity index (χ4n) is 6.77. The minimum Gasteiger partial charge on any atom is -0.374 e. The predicted octanol–water partition coefficient (Wildman–Crippen LogP) is 11.2. The Kier molecular flexibility index (Phi) is 29.5. The molecule has 0 heterocycles. The fraction of sp³-hybridized carbons (Fsp3) is 1.00. The normalized spacial score (nSPS) is 15.4. The van der Waals surface area contributed by atoms with E-state index >= 15 is 0 Å². The van der Waals surface area contributed by atoms with Gasteiger partial charge in [-0.3, -0.25) is 0 Å². The van der Waals surface area contributed by atoms with Crippen molar-refractivity contribution in [2.45, 2.75) is 157 Å². The molecule has 0 saturated heterocycles. The van der Waals surface area contributed by atoms with Crippen LogP contribution < -0.4 is 0 Å². The highest BCUT2D eigenvalue weighted by Crippen LogP contribution is 2.43. The van der Waals surface area contributed by atoms with Crippen LogP contribution in [0.1, 0.15) is 146 Å². The second kappa shape index (κ2) is 28.9. The van der Waals surface area contributed by atoms with E-state index in [-0.39, 0.29) is 0 Å². The maximum absolute atomic E-state index is 6.43. The average Bonchev–Trinajstić information content (AvgIpc) is 3.00. The van der Waals surface area contributed by atoms with Crippen LogP contribution in [0.2, 0.25) is 11.1 Å². The Bertz CT molecular complexity index is 551. The number of hydrogen-bond donors (Lipinski definition) is 0. The summed E-state index contributed by atoms with van der Waals surface area (Å²) in [4.78, 5) is 0. The smallest absolute Gasteiger partial charge is 0.374 e. The molecule has 0 spiro atoms. The van der Waals surface area contributed by atoms with Crippen molar-refractivity contribution in [2.24, 2.45) is 11.8 Å². The van der Waals surface area contributed by atoms with E-state index in [1.54, 1.807) is 0 Å². The molecule has 0 aliphatic rings. The summed E-state index contributed by atoms with van der Waals surface area (Å²) >= 11 is 0. The molecule has 0 fully saturated rings. The summed E-state index contributed by atoms with van der Waals surface area (Å²) in [5.41, 5.74) is 0.707. The van der Waals surface area contributed by atoms with Crippen molar-refractivity contribution in [2.75, 3.05) is 51.1 Å². The number of rotatable bonds is 33. The van der Waals surface area contributed by atoms with Crippen molar-refractivity contribution in [3.63, 3.8) is 0 Å². The van der Waals surface area contributed by atoms with Gasteiger partial charge in [0.25, 0.3) is 0 Å². The summed E-state index contributed by atoms with van der Waals surface area (Å²) in [5.74, 6) is 3.44. The summed E-state index contributed by atoms with van der Waals surface area (Å²) in [6, 6.07) is 0. The Hall–Kier alpha value is 0.894. The fourth-order valence-corrected chi connectivity index (χ4v) is 16.1. The standard InChI is InChI=1S/C34H74O6S2Si2/c1-11-21-23-25-31(33(13-3)43(35-15-5,36-16-6)37-17-7)27-29-41-42-30-28-32(26-24-22-12-2)34(14-4)44(38-18-8,39-19-9)40-20-10/h31-34H,11-30H2,1-10H3. The second-order valence-electron chi connectivity index (χ2n) is 11.6. The Balaban J connectivity index is 5.56. The number of hydrogen-bond acceptors (Lipinski definition) is 8. The molecule has 0 bridgehead atoms. The van der Waals surface area contributed by atoms with Crippen LogP contribution in [-0.4, -0.2) is 68.8 Å². The van der Waals surface area contributed by atoms with Gasteiger partial charge in [0.05, 0.1) is 0 Å². The molecule has 44 heavy (non-hydrogen) atoms. The molecule has 4 atom stereocenters. The summed E-state index contributed by atoms with van der Waals surface area (Å²) < 4.78 is 38.6. The molecule has 0 aromatic carbocycles. The third kappa shape index (κ3) is 16.3. The molecular formula is C34H74O6S2Si2. The molecule has 0 radical (unpaired) electrons. The third-order valence-electron chi connectivity index (χ3n) is 8.58. The quantitative estimate of drug-likeness (QED) is 0.0381. The topological polar surface area (TPSA) is 55.4 Å². The highest BCUT2D eigenvalue weighted by atomic mass is 33.1. The first-order chi connectivity index (χ1) is 21.4. The first-order valence-electron chi connectivity index (χ1n) is 18.5. The predicted molar refractivity (Wildman–Crippen MR) is 199 cm³/mol. The third-order valence-corrected chi connectivity index (χ3v) is 18.8. The minimum atomic E-state index is -2.76. The molecule has 266 valence electrons. The lowest BCUT2D eigenvalue weighted by molar-refractivity contribution is 0.0507. The molecule has 0 saturated carbocycles. The van der Waals surface area contributed by atoms with Gasteiger partial charge in [-0.25, -0.2) is 0 Å². The molecule has 0 aliphatic heterocycles. The van der Waals surface area contributed by atoms with Crippen LogP contribution in [-0.2, 0) is 26.6 Å². The largest absolute Gasteiger partial charge is 0.504 e. The highest BCUT2D eigenvalue weighted by Gasteiger charge is 2.52. The van der Waals surface area contributed by atoms with Gasteiger partial charge in [0.2, 0.25) is 0 Å². The maximum Gasteiger partial charge on any atom is 0.504 e. The average molecular weight is 699 g/mol. The van der Waals surface area contributed by atoms with Crippen LogP contribution in [0, 0.1) is 11.8 Å². The van der Waals surface area contributed by atoms with Gasteiger partial charge in [-0.2, -0.15) is 0 Å².